The lowest BCUT2D eigenvalue weighted by Gasteiger charge is -2.14. The third kappa shape index (κ3) is 2.42. The van der Waals surface area contributed by atoms with Crippen molar-refractivity contribution in [3.05, 3.63) is 23.8 Å². The first-order chi connectivity index (χ1) is 8.11. The summed E-state index contributed by atoms with van der Waals surface area (Å²) in [5.41, 5.74) is 7.34. The Labute approximate surface area is 101 Å². The van der Waals surface area contributed by atoms with Gasteiger partial charge in [-0.1, -0.05) is 19.4 Å². The van der Waals surface area contributed by atoms with Crippen molar-refractivity contribution in [2.75, 3.05) is 5.32 Å². The van der Waals surface area contributed by atoms with Crippen molar-refractivity contribution >= 4 is 11.6 Å². The lowest BCUT2D eigenvalue weighted by molar-refractivity contribution is -0.116. The van der Waals surface area contributed by atoms with Crippen LogP contribution in [-0.2, 0) is 4.79 Å². The van der Waals surface area contributed by atoms with Gasteiger partial charge in [-0.05, 0) is 19.4 Å². The van der Waals surface area contributed by atoms with E-state index in [-0.39, 0.29) is 12.0 Å². The molecule has 3 N–H and O–H groups in total. The standard InChI is InChI=1S/C13H18N2O2/c1-3-4-8(2)17-9-5-6-10-11(7-9)15-13(16)12(10)14/h5-8,12H,3-4,14H2,1-2H3,(H,15,16). The first-order valence-electron chi connectivity index (χ1n) is 5.99. The molecule has 0 bridgehead atoms. The zero-order valence-electron chi connectivity index (χ0n) is 10.2. The molecule has 0 aliphatic carbocycles. The number of rotatable bonds is 4. The van der Waals surface area contributed by atoms with Gasteiger partial charge in [0, 0.05) is 17.3 Å². The second kappa shape index (κ2) is 4.75. The van der Waals surface area contributed by atoms with Crippen LogP contribution in [0.5, 0.6) is 5.75 Å². The Bertz CT molecular complexity index is 431. The molecular weight excluding hydrogens is 216 g/mol. The van der Waals surface area contributed by atoms with Gasteiger partial charge in [-0.2, -0.15) is 0 Å². The number of nitrogens with two attached hydrogens (primary N) is 1. The maximum absolute atomic E-state index is 11.4. The number of carbonyl (C=O) groups excluding carboxylic acids is 1. The minimum absolute atomic E-state index is 0.154. The molecule has 4 heteroatoms. The molecule has 1 heterocycles. The van der Waals surface area contributed by atoms with Gasteiger partial charge in [0.1, 0.15) is 11.8 Å². The molecule has 4 nitrogen and oxygen atoms in total. The predicted octanol–water partition coefficient (Wildman–Crippen LogP) is 2.21. The van der Waals surface area contributed by atoms with E-state index in [1.807, 2.05) is 25.1 Å². The Morgan fingerprint density at radius 3 is 3.00 bits per heavy atom. The van der Waals surface area contributed by atoms with Gasteiger partial charge < -0.3 is 15.8 Å². The first-order valence-corrected chi connectivity index (χ1v) is 5.99. The Kier molecular flexibility index (Phi) is 3.33. The van der Waals surface area contributed by atoms with E-state index < -0.39 is 6.04 Å². The minimum atomic E-state index is -0.549. The summed E-state index contributed by atoms with van der Waals surface area (Å²) in [6, 6.07) is 5.01. The van der Waals surface area contributed by atoms with Crippen LogP contribution >= 0.6 is 0 Å². The molecule has 0 saturated heterocycles. The summed E-state index contributed by atoms with van der Waals surface area (Å²) in [6.45, 7) is 4.17. The molecule has 1 aliphatic rings. The SMILES string of the molecule is CCCC(C)Oc1ccc2c(c1)NC(=O)C2N. The van der Waals surface area contributed by atoms with Gasteiger partial charge in [-0.15, -0.1) is 0 Å². The highest BCUT2D eigenvalue weighted by Crippen LogP contribution is 2.32. The number of carbonyl (C=O) groups is 1. The molecule has 17 heavy (non-hydrogen) atoms. The second-order valence-corrected chi connectivity index (χ2v) is 4.43. The van der Waals surface area contributed by atoms with E-state index in [0.29, 0.717) is 0 Å². The smallest absolute Gasteiger partial charge is 0.245 e. The average molecular weight is 234 g/mol. The minimum Gasteiger partial charge on any atom is -0.491 e. The van der Waals surface area contributed by atoms with Gasteiger partial charge in [0.15, 0.2) is 0 Å². The van der Waals surface area contributed by atoms with E-state index in [4.69, 9.17) is 10.5 Å². The van der Waals surface area contributed by atoms with E-state index in [9.17, 15) is 4.79 Å². The third-order valence-electron chi connectivity index (χ3n) is 2.93. The summed E-state index contributed by atoms with van der Waals surface area (Å²) in [4.78, 5) is 11.4. The molecule has 92 valence electrons. The topological polar surface area (TPSA) is 64.3 Å². The van der Waals surface area contributed by atoms with Crippen LogP contribution in [0.1, 0.15) is 38.3 Å². The first kappa shape index (κ1) is 11.9. The largest absolute Gasteiger partial charge is 0.491 e. The normalized spacial score (nSPS) is 19.7. The molecule has 2 rings (SSSR count). The van der Waals surface area contributed by atoms with E-state index in [0.717, 1.165) is 29.8 Å². The number of nitrogens with one attached hydrogen (secondary N) is 1. The highest BCUT2D eigenvalue weighted by molar-refractivity contribution is 6.02. The van der Waals surface area contributed by atoms with Crippen molar-refractivity contribution in [3.8, 4) is 5.75 Å². The number of hydrogen-bond acceptors (Lipinski definition) is 3. The molecule has 0 radical (unpaired) electrons. The molecule has 1 aromatic rings. The number of hydrogen-bond donors (Lipinski definition) is 2. The number of benzene rings is 1. The van der Waals surface area contributed by atoms with Gasteiger partial charge in [0.25, 0.3) is 0 Å². The van der Waals surface area contributed by atoms with Crippen LogP contribution in [0.4, 0.5) is 5.69 Å². The van der Waals surface area contributed by atoms with Crippen LogP contribution in [0.25, 0.3) is 0 Å². The predicted molar refractivity (Wildman–Crippen MR) is 67.0 cm³/mol. The number of amides is 1. The number of ether oxygens (including phenoxy) is 1. The molecule has 1 aromatic carbocycles. The molecule has 1 aliphatic heterocycles. The molecular formula is C13H18N2O2. The van der Waals surface area contributed by atoms with Gasteiger partial charge >= 0.3 is 0 Å². The Morgan fingerprint density at radius 2 is 2.29 bits per heavy atom. The van der Waals surface area contributed by atoms with E-state index in [2.05, 4.69) is 12.2 Å². The van der Waals surface area contributed by atoms with Crippen LogP contribution in [0.2, 0.25) is 0 Å². The zero-order valence-corrected chi connectivity index (χ0v) is 10.2. The summed E-state index contributed by atoms with van der Waals surface area (Å²) in [7, 11) is 0. The fraction of sp³-hybridized carbons (Fsp3) is 0.462. The Balaban J connectivity index is 2.13. The molecule has 0 spiro atoms. The van der Waals surface area contributed by atoms with Crippen LogP contribution in [0.3, 0.4) is 0 Å². The zero-order chi connectivity index (χ0) is 12.4. The number of fused-ring (bicyclic) bond motifs is 1. The molecule has 2 unspecified atom stereocenters. The van der Waals surface area contributed by atoms with Gasteiger partial charge in [-0.25, -0.2) is 0 Å². The van der Waals surface area contributed by atoms with Crippen molar-refractivity contribution in [3.63, 3.8) is 0 Å². The van der Waals surface area contributed by atoms with E-state index in [1.165, 1.54) is 0 Å². The molecule has 0 fully saturated rings. The van der Waals surface area contributed by atoms with Crippen molar-refractivity contribution in [1.29, 1.82) is 0 Å². The highest BCUT2D eigenvalue weighted by Gasteiger charge is 2.27. The Hall–Kier alpha value is -1.55. The Morgan fingerprint density at radius 1 is 1.53 bits per heavy atom. The van der Waals surface area contributed by atoms with Gasteiger partial charge in [-0.3, -0.25) is 4.79 Å². The lowest BCUT2D eigenvalue weighted by Crippen LogP contribution is -2.19. The number of anilines is 1. The monoisotopic (exact) mass is 234 g/mol. The maximum atomic E-state index is 11.4. The molecule has 1 amide bonds. The van der Waals surface area contributed by atoms with Crippen molar-refractivity contribution in [1.82, 2.24) is 0 Å². The van der Waals surface area contributed by atoms with Crippen LogP contribution in [0.15, 0.2) is 18.2 Å². The summed E-state index contributed by atoms with van der Waals surface area (Å²) in [6.07, 6.45) is 2.29. The summed E-state index contributed by atoms with van der Waals surface area (Å²) in [5.74, 6) is 0.623. The molecule has 0 aromatic heterocycles. The third-order valence-corrected chi connectivity index (χ3v) is 2.93. The van der Waals surface area contributed by atoms with Gasteiger partial charge in [0.05, 0.1) is 6.10 Å². The average Bonchev–Trinajstić information content (AvgIpc) is 2.55. The second-order valence-electron chi connectivity index (χ2n) is 4.43. The van der Waals surface area contributed by atoms with E-state index >= 15 is 0 Å². The lowest BCUT2D eigenvalue weighted by atomic mass is 10.1. The van der Waals surface area contributed by atoms with Crippen molar-refractivity contribution < 1.29 is 9.53 Å². The highest BCUT2D eigenvalue weighted by atomic mass is 16.5. The summed E-state index contributed by atoms with van der Waals surface area (Å²) in [5, 5.41) is 2.75. The van der Waals surface area contributed by atoms with Gasteiger partial charge in [0.2, 0.25) is 5.91 Å². The fourth-order valence-electron chi connectivity index (χ4n) is 2.04. The van der Waals surface area contributed by atoms with E-state index in [1.54, 1.807) is 0 Å². The van der Waals surface area contributed by atoms with Crippen LogP contribution in [0, 0.1) is 0 Å². The van der Waals surface area contributed by atoms with Crippen molar-refractivity contribution in [2.24, 2.45) is 5.73 Å². The summed E-state index contributed by atoms with van der Waals surface area (Å²) < 4.78 is 5.76. The maximum Gasteiger partial charge on any atom is 0.245 e. The fourth-order valence-corrected chi connectivity index (χ4v) is 2.04. The van der Waals surface area contributed by atoms with Crippen molar-refractivity contribution in [2.45, 2.75) is 38.8 Å². The summed E-state index contributed by atoms with van der Waals surface area (Å²) >= 11 is 0. The molecule has 0 saturated carbocycles. The molecule has 2 atom stereocenters. The van der Waals surface area contributed by atoms with Crippen LogP contribution in [-0.4, -0.2) is 12.0 Å². The van der Waals surface area contributed by atoms with Crippen LogP contribution < -0.4 is 15.8 Å². The quantitative estimate of drug-likeness (QED) is 0.839.